The van der Waals surface area contributed by atoms with Gasteiger partial charge in [-0.2, -0.15) is 0 Å². The minimum absolute atomic E-state index is 0.0137. The van der Waals surface area contributed by atoms with Gasteiger partial charge in [-0.15, -0.1) is 0 Å². The SMILES string of the molecule is CCCNC(=O)[C@H](CC)N(Cc1cccc(C)c1)C(=O)COc1ccccc1F. The second-order valence-corrected chi connectivity index (χ2v) is 6.94. The van der Waals surface area contributed by atoms with Crippen LogP contribution in [0.25, 0.3) is 0 Å². The Hall–Kier alpha value is -2.89. The summed E-state index contributed by atoms with van der Waals surface area (Å²) in [5.41, 5.74) is 1.99. The molecule has 0 saturated heterocycles. The molecule has 1 N–H and O–H groups in total. The summed E-state index contributed by atoms with van der Waals surface area (Å²) in [7, 11) is 0. The van der Waals surface area contributed by atoms with Gasteiger partial charge in [-0.1, -0.05) is 55.8 Å². The summed E-state index contributed by atoms with van der Waals surface area (Å²) in [4.78, 5) is 27.2. The van der Waals surface area contributed by atoms with E-state index in [1.165, 1.54) is 17.0 Å². The van der Waals surface area contributed by atoms with E-state index in [0.29, 0.717) is 13.0 Å². The molecule has 2 amide bonds. The van der Waals surface area contributed by atoms with E-state index in [-0.39, 0.29) is 30.7 Å². The number of para-hydroxylation sites is 1. The molecule has 2 rings (SSSR count). The third kappa shape index (κ3) is 6.59. The molecule has 0 unspecified atom stereocenters. The molecule has 0 aliphatic heterocycles. The average Bonchev–Trinajstić information content (AvgIpc) is 2.71. The zero-order valence-electron chi connectivity index (χ0n) is 17.3. The van der Waals surface area contributed by atoms with Gasteiger partial charge in [-0.25, -0.2) is 4.39 Å². The zero-order valence-corrected chi connectivity index (χ0v) is 17.3. The number of rotatable bonds is 10. The number of amides is 2. The van der Waals surface area contributed by atoms with Crippen LogP contribution in [0.1, 0.15) is 37.8 Å². The van der Waals surface area contributed by atoms with Gasteiger partial charge in [0.2, 0.25) is 5.91 Å². The second kappa shape index (κ2) is 11.2. The maximum atomic E-state index is 13.8. The van der Waals surface area contributed by atoms with E-state index in [1.54, 1.807) is 12.1 Å². The summed E-state index contributed by atoms with van der Waals surface area (Å²) in [6.45, 7) is 6.29. The number of hydrogen-bond donors (Lipinski definition) is 1. The summed E-state index contributed by atoms with van der Waals surface area (Å²) in [6, 6.07) is 13.1. The van der Waals surface area contributed by atoms with Crippen molar-refractivity contribution in [1.82, 2.24) is 10.2 Å². The van der Waals surface area contributed by atoms with Gasteiger partial charge in [-0.05, 0) is 37.5 Å². The largest absolute Gasteiger partial charge is 0.481 e. The van der Waals surface area contributed by atoms with E-state index in [4.69, 9.17) is 4.74 Å². The highest BCUT2D eigenvalue weighted by atomic mass is 19.1. The summed E-state index contributed by atoms with van der Waals surface area (Å²) >= 11 is 0. The van der Waals surface area contributed by atoms with E-state index >= 15 is 0 Å². The predicted octanol–water partition coefficient (Wildman–Crippen LogP) is 3.85. The lowest BCUT2D eigenvalue weighted by Crippen LogP contribution is -2.50. The van der Waals surface area contributed by atoms with Crippen LogP contribution in [0.3, 0.4) is 0 Å². The number of carbonyl (C=O) groups is 2. The fourth-order valence-corrected chi connectivity index (χ4v) is 3.08. The lowest BCUT2D eigenvalue weighted by molar-refractivity contribution is -0.143. The first-order valence-electron chi connectivity index (χ1n) is 9.96. The van der Waals surface area contributed by atoms with Crippen LogP contribution in [0.15, 0.2) is 48.5 Å². The fourth-order valence-electron chi connectivity index (χ4n) is 3.08. The smallest absolute Gasteiger partial charge is 0.261 e. The van der Waals surface area contributed by atoms with Crippen molar-refractivity contribution in [2.45, 2.75) is 46.2 Å². The van der Waals surface area contributed by atoms with Crippen molar-refractivity contribution in [3.05, 3.63) is 65.5 Å². The standard InChI is InChI=1S/C23H29FN2O3/c1-4-13-25-23(28)20(5-2)26(15-18-10-8-9-17(3)14-18)22(27)16-29-21-12-7-6-11-19(21)24/h6-12,14,20H,4-5,13,15-16H2,1-3H3,(H,25,28)/t20-/m0/s1. The van der Waals surface area contributed by atoms with E-state index in [0.717, 1.165) is 17.5 Å². The number of nitrogens with zero attached hydrogens (tertiary/aromatic N) is 1. The van der Waals surface area contributed by atoms with Gasteiger partial charge >= 0.3 is 0 Å². The first-order valence-corrected chi connectivity index (χ1v) is 9.96. The molecule has 156 valence electrons. The Kier molecular flexibility index (Phi) is 8.65. The Labute approximate surface area is 171 Å². The lowest BCUT2D eigenvalue weighted by Gasteiger charge is -2.30. The number of hydrogen-bond acceptors (Lipinski definition) is 3. The highest BCUT2D eigenvalue weighted by Gasteiger charge is 2.28. The number of halogens is 1. The first-order chi connectivity index (χ1) is 14.0. The van der Waals surface area contributed by atoms with Crippen molar-refractivity contribution in [2.75, 3.05) is 13.2 Å². The average molecular weight is 400 g/mol. The van der Waals surface area contributed by atoms with Crippen molar-refractivity contribution in [3.63, 3.8) is 0 Å². The minimum atomic E-state index is -0.626. The molecule has 0 saturated carbocycles. The lowest BCUT2D eigenvalue weighted by atomic mass is 10.1. The van der Waals surface area contributed by atoms with Gasteiger partial charge < -0.3 is 15.0 Å². The van der Waals surface area contributed by atoms with E-state index in [9.17, 15) is 14.0 Å². The van der Waals surface area contributed by atoms with Crippen molar-refractivity contribution >= 4 is 11.8 Å². The van der Waals surface area contributed by atoms with Crippen molar-refractivity contribution in [3.8, 4) is 5.75 Å². The number of benzene rings is 2. The van der Waals surface area contributed by atoms with Crippen molar-refractivity contribution in [2.24, 2.45) is 0 Å². The van der Waals surface area contributed by atoms with Crippen LogP contribution in [-0.4, -0.2) is 35.9 Å². The van der Waals surface area contributed by atoms with Crippen LogP contribution in [-0.2, 0) is 16.1 Å². The van der Waals surface area contributed by atoms with E-state index in [1.807, 2.05) is 45.0 Å². The number of aryl methyl sites for hydroxylation is 1. The molecule has 29 heavy (non-hydrogen) atoms. The predicted molar refractivity (Wildman–Crippen MR) is 111 cm³/mol. The maximum Gasteiger partial charge on any atom is 0.261 e. The molecule has 2 aromatic carbocycles. The van der Waals surface area contributed by atoms with Gasteiger partial charge in [0.05, 0.1) is 0 Å². The molecule has 0 fully saturated rings. The second-order valence-electron chi connectivity index (χ2n) is 6.94. The van der Waals surface area contributed by atoms with Crippen LogP contribution < -0.4 is 10.1 Å². The third-order valence-electron chi connectivity index (χ3n) is 4.56. The summed E-state index contributed by atoms with van der Waals surface area (Å²) in [6.07, 6.45) is 1.27. The Morgan fingerprint density at radius 3 is 2.55 bits per heavy atom. The van der Waals surface area contributed by atoms with Gasteiger partial charge in [0.15, 0.2) is 18.2 Å². The molecular formula is C23H29FN2O3. The van der Waals surface area contributed by atoms with Crippen molar-refractivity contribution in [1.29, 1.82) is 0 Å². The number of ether oxygens (including phenoxy) is 1. The molecule has 0 radical (unpaired) electrons. The molecule has 0 aromatic heterocycles. The molecular weight excluding hydrogens is 371 g/mol. The first kappa shape index (κ1) is 22.4. The summed E-state index contributed by atoms with van der Waals surface area (Å²) in [5.74, 6) is -1.08. The fraction of sp³-hybridized carbons (Fsp3) is 0.391. The Morgan fingerprint density at radius 1 is 1.14 bits per heavy atom. The van der Waals surface area contributed by atoms with E-state index in [2.05, 4.69) is 5.32 Å². The molecule has 2 aromatic rings. The van der Waals surface area contributed by atoms with Gasteiger partial charge in [0.25, 0.3) is 5.91 Å². The van der Waals surface area contributed by atoms with Crippen LogP contribution in [0.2, 0.25) is 0 Å². The quantitative estimate of drug-likeness (QED) is 0.659. The minimum Gasteiger partial charge on any atom is -0.481 e. The monoisotopic (exact) mass is 400 g/mol. The molecule has 0 spiro atoms. The van der Waals surface area contributed by atoms with Gasteiger partial charge in [-0.3, -0.25) is 9.59 Å². The van der Waals surface area contributed by atoms with Crippen LogP contribution in [0, 0.1) is 12.7 Å². The van der Waals surface area contributed by atoms with Crippen LogP contribution >= 0.6 is 0 Å². The topological polar surface area (TPSA) is 58.6 Å². The maximum absolute atomic E-state index is 13.8. The highest BCUT2D eigenvalue weighted by molar-refractivity contribution is 5.88. The highest BCUT2D eigenvalue weighted by Crippen LogP contribution is 2.17. The molecule has 1 atom stereocenters. The molecule has 5 nitrogen and oxygen atoms in total. The normalized spacial score (nSPS) is 11.6. The zero-order chi connectivity index (χ0) is 21.2. The van der Waals surface area contributed by atoms with E-state index < -0.39 is 11.9 Å². The summed E-state index contributed by atoms with van der Waals surface area (Å²) < 4.78 is 19.2. The third-order valence-corrected chi connectivity index (χ3v) is 4.56. The van der Waals surface area contributed by atoms with Crippen LogP contribution in [0.5, 0.6) is 5.75 Å². The van der Waals surface area contributed by atoms with Crippen LogP contribution in [0.4, 0.5) is 4.39 Å². The molecule has 0 aliphatic carbocycles. The van der Waals surface area contributed by atoms with Crippen molar-refractivity contribution < 1.29 is 18.7 Å². The van der Waals surface area contributed by atoms with Gasteiger partial charge in [0.1, 0.15) is 6.04 Å². The Balaban J connectivity index is 2.20. The molecule has 0 aliphatic rings. The number of nitrogens with one attached hydrogen (secondary N) is 1. The Morgan fingerprint density at radius 2 is 1.90 bits per heavy atom. The molecule has 0 heterocycles. The molecule has 0 bridgehead atoms. The van der Waals surface area contributed by atoms with Gasteiger partial charge in [0, 0.05) is 13.1 Å². The molecule has 6 heteroatoms. The number of carbonyl (C=O) groups excluding carboxylic acids is 2. The summed E-state index contributed by atoms with van der Waals surface area (Å²) in [5, 5.41) is 2.87. The Bertz CT molecular complexity index is 825.